The minimum absolute atomic E-state index is 0.0945. The lowest BCUT2D eigenvalue weighted by molar-refractivity contribution is 0.0880. The van der Waals surface area contributed by atoms with Crippen molar-refractivity contribution in [1.29, 1.82) is 0 Å². The van der Waals surface area contributed by atoms with Gasteiger partial charge < -0.3 is 19.9 Å². The normalized spacial score (nSPS) is 19.9. The van der Waals surface area contributed by atoms with Gasteiger partial charge in [-0.3, -0.25) is 14.9 Å². The zero-order valence-corrected chi connectivity index (χ0v) is 22.7. The largest absolute Gasteiger partial charge is 0.508 e. The second kappa shape index (κ2) is 9.58. The number of phenolic OH excluding ortho intramolecular Hbond substituents is 1. The Morgan fingerprint density at radius 3 is 2.29 bits per heavy atom. The molecule has 0 bridgehead atoms. The molecule has 9 heteroatoms. The van der Waals surface area contributed by atoms with Crippen molar-refractivity contribution in [2.75, 3.05) is 19.6 Å². The molecule has 6 rings (SSSR count). The van der Waals surface area contributed by atoms with E-state index in [1.165, 1.54) is 0 Å². The molecule has 196 valence electrons. The van der Waals surface area contributed by atoms with Crippen LogP contribution in [0.2, 0.25) is 10.0 Å². The van der Waals surface area contributed by atoms with Crippen LogP contribution in [0.15, 0.2) is 42.5 Å². The zero-order valence-electron chi connectivity index (χ0n) is 21.1. The van der Waals surface area contributed by atoms with E-state index in [9.17, 15) is 14.7 Å². The molecule has 0 aliphatic carbocycles. The Bertz CT molecular complexity index is 1600. The van der Waals surface area contributed by atoms with Crippen LogP contribution in [-0.4, -0.2) is 58.1 Å². The van der Waals surface area contributed by atoms with E-state index in [1.807, 2.05) is 12.1 Å². The molecule has 2 atom stereocenters. The maximum Gasteiger partial charge on any atom is 0.259 e. The van der Waals surface area contributed by atoms with Crippen molar-refractivity contribution in [1.82, 2.24) is 20.1 Å². The maximum atomic E-state index is 13.2. The summed E-state index contributed by atoms with van der Waals surface area (Å²) in [5.74, 6) is -0.857. The molecule has 0 radical (unpaired) electrons. The molecule has 7 nitrogen and oxygen atoms in total. The Morgan fingerprint density at radius 1 is 0.895 bits per heavy atom. The number of hydrogen-bond acceptors (Lipinski definition) is 5. The van der Waals surface area contributed by atoms with Crippen molar-refractivity contribution in [3.63, 3.8) is 0 Å². The number of halogens is 2. The van der Waals surface area contributed by atoms with Crippen molar-refractivity contribution in [3.8, 4) is 16.9 Å². The summed E-state index contributed by atoms with van der Waals surface area (Å²) in [7, 11) is 0. The van der Waals surface area contributed by atoms with E-state index in [-0.39, 0.29) is 16.9 Å². The molecule has 1 saturated heterocycles. The van der Waals surface area contributed by atoms with Gasteiger partial charge in [0, 0.05) is 69.2 Å². The van der Waals surface area contributed by atoms with E-state index in [0.717, 1.165) is 42.5 Å². The fourth-order valence-corrected chi connectivity index (χ4v) is 6.80. The summed E-state index contributed by atoms with van der Waals surface area (Å²) in [6, 6.07) is 13.1. The van der Waals surface area contributed by atoms with E-state index in [2.05, 4.69) is 33.9 Å². The number of hydrogen-bond donors (Lipinski definition) is 3. The summed E-state index contributed by atoms with van der Waals surface area (Å²) >= 11 is 13.2. The number of piperazine rings is 1. The number of benzene rings is 3. The van der Waals surface area contributed by atoms with Gasteiger partial charge in [-0.05, 0) is 63.2 Å². The Hall–Kier alpha value is -3.10. The van der Waals surface area contributed by atoms with Gasteiger partial charge in [-0.1, -0.05) is 29.3 Å². The number of phenols is 1. The fraction of sp³-hybridized carbons (Fsp3) is 0.310. The third-order valence-corrected chi connectivity index (χ3v) is 8.17. The van der Waals surface area contributed by atoms with Gasteiger partial charge in [0.25, 0.3) is 11.8 Å². The summed E-state index contributed by atoms with van der Waals surface area (Å²) in [5, 5.41) is 18.5. The molecule has 0 unspecified atom stereocenters. The Morgan fingerprint density at radius 2 is 1.58 bits per heavy atom. The summed E-state index contributed by atoms with van der Waals surface area (Å²) in [6.45, 7) is 8.03. The van der Waals surface area contributed by atoms with Gasteiger partial charge in [0.2, 0.25) is 0 Å². The van der Waals surface area contributed by atoms with E-state index in [1.54, 1.807) is 30.3 Å². The number of aryl methyl sites for hydroxylation is 1. The quantitative estimate of drug-likeness (QED) is 0.288. The molecular weight excluding hydrogens is 523 g/mol. The number of nitrogens with zero attached hydrogens (tertiary/aromatic N) is 2. The number of aromatic hydroxyl groups is 1. The Balaban J connectivity index is 1.54. The predicted octanol–water partition coefficient (Wildman–Crippen LogP) is 5.43. The standard InChI is InChI=1S/C29H28Cl2N4O3/c1-15-13-34(14-16(2)32-15)9-4-10-35-22-8-7-17(36)11-18(22)25-23(35)12-19(24-20(30)5-3-6-21(24)31)26-27(25)29(38)33-28(26)37/h3,5-8,11-12,15-16,32,36H,4,9-10,13-14H2,1-2H3,(H,33,37,38)/t15-,16+. The van der Waals surface area contributed by atoms with Crippen LogP contribution in [0, 0.1) is 0 Å². The van der Waals surface area contributed by atoms with Crippen LogP contribution < -0.4 is 10.6 Å². The van der Waals surface area contributed by atoms with Crippen molar-refractivity contribution < 1.29 is 14.7 Å². The number of imide groups is 1. The highest BCUT2D eigenvalue weighted by Gasteiger charge is 2.35. The Kier molecular flexibility index (Phi) is 6.35. The van der Waals surface area contributed by atoms with Crippen molar-refractivity contribution >= 4 is 56.8 Å². The van der Waals surface area contributed by atoms with Crippen LogP contribution in [0.1, 0.15) is 41.0 Å². The third kappa shape index (κ3) is 4.14. The lowest BCUT2D eigenvalue weighted by atomic mass is 9.92. The van der Waals surface area contributed by atoms with Crippen LogP contribution in [0.5, 0.6) is 5.75 Å². The van der Waals surface area contributed by atoms with Crippen LogP contribution in [0.25, 0.3) is 32.9 Å². The minimum atomic E-state index is -0.485. The fourth-order valence-electron chi connectivity index (χ4n) is 6.20. The first kappa shape index (κ1) is 25.2. The van der Waals surface area contributed by atoms with Crippen molar-refractivity contribution in [2.45, 2.75) is 38.9 Å². The number of aromatic nitrogens is 1. The number of nitrogens with one attached hydrogen (secondary N) is 2. The first-order chi connectivity index (χ1) is 18.2. The topological polar surface area (TPSA) is 86.6 Å². The van der Waals surface area contributed by atoms with Gasteiger partial charge in [0.15, 0.2) is 0 Å². The molecule has 1 fully saturated rings. The summed E-state index contributed by atoms with van der Waals surface area (Å²) < 4.78 is 2.17. The van der Waals surface area contributed by atoms with Crippen LogP contribution in [-0.2, 0) is 6.54 Å². The van der Waals surface area contributed by atoms with Crippen molar-refractivity contribution in [2.24, 2.45) is 0 Å². The van der Waals surface area contributed by atoms with E-state index >= 15 is 0 Å². The SMILES string of the molecule is C[C@@H]1CN(CCCn2c3ccc(O)cc3c3c4c(c(-c5c(Cl)cccc5Cl)cc32)C(=O)NC4=O)C[C@H](C)N1. The molecule has 3 heterocycles. The third-order valence-electron chi connectivity index (χ3n) is 7.54. The van der Waals surface area contributed by atoms with Crippen LogP contribution in [0.3, 0.4) is 0 Å². The van der Waals surface area contributed by atoms with Crippen LogP contribution >= 0.6 is 23.2 Å². The highest BCUT2D eigenvalue weighted by molar-refractivity contribution is 6.41. The first-order valence-electron chi connectivity index (χ1n) is 12.8. The van der Waals surface area contributed by atoms with Crippen LogP contribution in [0.4, 0.5) is 0 Å². The molecule has 3 N–H and O–H groups in total. The zero-order chi connectivity index (χ0) is 26.7. The van der Waals surface area contributed by atoms with Gasteiger partial charge >= 0.3 is 0 Å². The number of carbonyl (C=O) groups is 2. The van der Waals surface area contributed by atoms with E-state index in [4.69, 9.17) is 23.2 Å². The monoisotopic (exact) mass is 550 g/mol. The van der Waals surface area contributed by atoms with Crippen molar-refractivity contribution in [3.05, 3.63) is 63.6 Å². The highest BCUT2D eigenvalue weighted by atomic mass is 35.5. The van der Waals surface area contributed by atoms with Gasteiger partial charge in [0.1, 0.15) is 5.75 Å². The average molecular weight is 551 g/mol. The average Bonchev–Trinajstić information content (AvgIpc) is 3.31. The molecule has 4 aromatic rings. The van der Waals surface area contributed by atoms with E-state index in [0.29, 0.717) is 45.2 Å². The second-order valence-corrected chi connectivity index (χ2v) is 11.2. The van der Waals surface area contributed by atoms with Gasteiger partial charge in [0.05, 0.1) is 16.6 Å². The van der Waals surface area contributed by atoms with Gasteiger partial charge in [-0.15, -0.1) is 0 Å². The molecule has 0 spiro atoms. The summed E-state index contributed by atoms with van der Waals surface area (Å²) in [4.78, 5) is 28.7. The lowest BCUT2D eigenvalue weighted by Gasteiger charge is -2.36. The molecular formula is C29H28Cl2N4O3. The summed E-state index contributed by atoms with van der Waals surface area (Å²) in [6.07, 6.45) is 0.892. The highest BCUT2D eigenvalue weighted by Crippen LogP contribution is 2.44. The minimum Gasteiger partial charge on any atom is -0.508 e. The number of carbonyl (C=O) groups excluding carboxylic acids is 2. The van der Waals surface area contributed by atoms with Gasteiger partial charge in [-0.2, -0.15) is 0 Å². The molecule has 2 aliphatic rings. The predicted molar refractivity (Wildman–Crippen MR) is 151 cm³/mol. The van der Waals surface area contributed by atoms with Gasteiger partial charge in [-0.25, -0.2) is 0 Å². The molecule has 0 saturated carbocycles. The lowest BCUT2D eigenvalue weighted by Crippen LogP contribution is -2.54. The maximum absolute atomic E-state index is 13.2. The van der Waals surface area contributed by atoms with E-state index < -0.39 is 11.8 Å². The molecule has 2 aliphatic heterocycles. The second-order valence-electron chi connectivity index (χ2n) is 10.4. The smallest absolute Gasteiger partial charge is 0.259 e. The molecule has 2 amide bonds. The number of rotatable bonds is 5. The number of amides is 2. The molecule has 3 aromatic carbocycles. The molecule has 38 heavy (non-hydrogen) atoms. The Labute approximate surface area is 230 Å². The summed E-state index contributed by atoms with van der Waals surface area (Å²) in [5.41, 5.74) is 3.26. The first-order valence-corrected chi connectivity index (χ1v) is 13.6. The number of fused-ring (bicyclic) bond motifs is 5. The molecule has 1 aromatic heterocycles.